The lowest BCUT2D eigenvalue weighted by atomic mass is 10.2. The van der Waals surface area contributed by atoms with E-state index in [1.54, 1.807) is 6.33 Å². The first-order valence-electron chi connectivity index (χ1n) is 6.61. The van der Waals surface area contributed by atoms with E-state index in [4.69, 9.17) is 26.8 Å². The molecular formula is C12H16ClN5O2. The van der Waals surface area contributed by atoms with Crippen molar-refractivity contribution in [2.75, 3.05) is 18.9 Å². The van der Waals surface area contributed by atoms with Gasteiger partial charge in [-0.05, 0) is 19.3 Å². The molecule has 7 nitrogen and oxygen atoms in total. The van der Waals surface area contributed by atoms with Gasteiger partial charge in [-0.2, -0.15) is 9.97 Å². The number of nitrogen functional groups attached to an aromatic ring is 1. The second-order valence-electron chi connectivity index (χ2n) is 4.65. The highest BCUT2D eigenvalue weighted by Crippen LogP contribution is 2.19. The van der Waals surface area contributed by atoms with Gasteiger partial charge in [0, 0.05) is 13.2 Å². The van der Waals surface area contributed by atoms with Gasteiger partial charge in [0.1, 0.15) is 5.52 Å². The summed E-state index contributed by atoms with van der Waals surface area (Å²) in [5, 5.41) is 0.266. The minimum atomic E-state index is -0.0955. The zero-order valence-electron chi connectivity index (χ0n) is 11.0. The van der Waals surface area contributed by atoms with Gasteiger partial charge in [0.15, 0.2) is 17.1 Å². The molecule has 0 amide bonds. The topological polar surface area (TPSA) is 88.1 Å². The van der Waals surface area contributed by atoms with Gasteiger partial charge >= 0.3 is 0 Å². The predicted molar refractivity (Wildman–Crippen MR) is 74.3 cm³/mol. The van der Waals surface area contributed by atoms with Gasteiger partial charge in [-0.1, -0.05) is 11.6 Å². The van der Waals surface area contributed by atoms with E-state index in [0.717, 1.165) is 25.9 Å². The number of anilines is 1. The molecule has 0 bridgehead atoms. The second kappa shape index (κ2) is 5.90. The normalized spacial score (nSPS) is 19.6. The molecule has 3 rings (SSSR count). The van der Waals surface area contributed by atoms with Crippen molar-refractivity contribution in [1.29, 1.82) is 0 Å². The fourth-order valence-corrected chi connectivity index (χ4v) is 2.43. The van der Waals surface area contributed by atoms with E-state index in [1.165, 1.54) is 0 Å². The van der Waals surface area contributed by atoms with Crippen LogP contribution >= 0.6 is 11.6 Å². The summed E-state index contributed by atoms with van der Waals surface area (Å²) in [6.45, 7) is 1.92. The van der Waals surface area contributed by atoms with E-state index in [0.29, 0.717) is 24.3 Å². The third kappa shape index (κ3) is 2.84. The molecule has 1 saturated heterocycles. The zero-order chi connectivity index (χ0) is 13.9. The van der Waals surface area contributed by atoms with Crippen molar-refractivity contribution in [2.45, 2.75) is 32.1 Å². The Kier molecular flexibility index (Phi) is 4.00. The molecule has 0 aromatic carbocycles. The average Bonchev–Trinajstić information content (AvgIpc) is 2.83. The quantitative estimate of drug-likeness (QED) is 0.863. The van der Waals surface area contributed by atoms with Crippen LogP contribution in [-0.4, -0.2) is 39.0 Å². The van der Waals surface area contributed by atoms with Crippen LogP contribution in [0.15, 0.2) is 6.33 Å². The zero-order valence-corrected chi connectivity index (χ0v) is 11.7. The van der Waals surface area contributed by atoms with Crippen molar-refractivity contribution in [3.63, 3.8) is 0 Å². The number of nitrogens with two attached hydrogens (primary N) is 1. The van der Waals surface area contributed by atoms with Crippen LogP contribution in [0.2, 0.25) is 5.15 Å². The Balaban J connectivity index is 1.65. The van der Waals surface area contributed by atoms with Gasteiger partial charge in [0.05, 0.1) is 12.9 Å². The van der Waals surface area contributed by atoms with E-state index in [9.17, 15) is 0 Å². The van der Waals surface area contributed by atoms with Gasteiger partial charge in [-0.15, -0.1) is 0 Å². The summed E-state index contributed by atoms with van der Waals surface area (Å²) in [7, 11) is 0. The third-order valence-electron chi connectivity index (χ3n) is 3.21. The summed E-state index contributed by atoms with van der Waals surface area (Å²) in [6.07, 6.45) is 4.78. The maximum absolute atomic E-state index is 5.97. The van der Waals surface area contributed by atoms with E-state index in [2.05, 4.69) is 15.0 Å². The third-order valence-corrected chi connectivity index (χ3v) is 3.48. The van der Waals surface area contributed by atoms with Crippen LogP contribution in [0, 0.1) is 0 Å². The van der Waals surface area contributed by atoms with E-state index >= 15 is 0 Å². The second-order valence-corrected chi connectivity index (χ2v) is 5.01. The molecule has 2 aromatic rings. The molecule has 1 unspecified atom stereocenters. The number of fused-ring (bicyclic) bond motifs is 1. The highest BCUT2D eigenvalue weighted by atomic mass is 35.5. The SMILES string of the molecule is Nc1nc(Cl)c2ncn(CCOC3CCCCO3)c2n1. The maximum Gasteiger partial charge on any atom is 0.223 e. The molecule has 2 aromatic heterocycles. The lowest BCUT2D eigenvalue weighted by molar-refractivity contribution is -0.163. The Morgan fingerprint density at radius 3 is 3.15 bits per heavy atom. The van der Waals surface area contributed by atoms with Crippen LogP contribution in [0.25, 0.3) is 11.2 Å². The molecule has 1 atom stereocenters. The number of imidazole rings is 1. The van der Waals surface area contributed by atoms with Gasteiger partial charge < -0.3 is 19.8 Å². The maximum atomic E-state index is 5.97. The number of hydrogen-bond donors (Lipinski definition) is 1. The Bertz CT molecular complexity index is 597. The number of rotatable bonds is 4. The summed E-state index contributed by atoms with van der Waals surface area (Å²) in [5.41, 5.74) is 6.77. The first kappa shape index (κ1) is 13.5. The molecule has 20 heavy (non-hydrogen) atoms. The number of nitrogens with zero attached hydrogens (tertiary/aromatic N) is 4. The summed E-state index contributed by atoms with van der Waals surface area (Å²) in [4.78, 5) is 12.2. The van der Waals surface area contributed by atoms with E-state index in [1.807, 2.05) is 4.57 Å². The Morgan fingerprint density at radius 2 is 2.35 bits per heavy atom. The first-order chi connectivity index (χ1) is 9.74. The van der Waals surface area contributed by atoms with Crippen LogP contribution < -0.4 is 5.73 Å². The van der Waals surface area contributed by atoms with Crippen LogP contribution in [0.1, 0.15) is 19.3 Å². The fraction of sp³-hybridized carbons (Fsp3) is 0.583. The Hall–Kier alpha value is -1.44. The van der Waals surface area contributed by atoms with Crippen LogP contribution in [0.4, 0.5) is 5.95 Å². The Morgan fingerprint density at radius 1 is 1.45 bits per heavy atom. The molecule has 2 N–H and O–H groups in total. The Labute approximate surface area is 121 Å². The highest BCUT2D eigenvalue weighted by molar-refractivity contribution is 6.33. The molecule has 0 spiro atoms. The van der Waals surface area contributed by atoms with Crippen molar-refractivity contribution in [3.05, 3.63) is 11.5 Å². The van der Waals surface area contributed by atoms with Gasteiger partial charge in [0.2, 0.25) is 5.95 Å². The lowest BCUT2D eigenvalue weighted by Gasteiger charge is -2.22. The van der Waals surface area contributed by atoms with E-state index in [-0.39, 0.29) is 17.4 Å². The van der Waals surface area contributed by atoms with Crippen molar-refractivity contribution < 1.29 is 9.47 Å². The minimum absolute atomic E-state index is 0.0955. The highest BCUT2D eigenvalue weighted by Gasteiger charge is 2.15. The molecule has 0 aliphatic carbocycles. The van der Waals surface area contributed by atoms with E-state index < -0.39 is 0 Å². The molecule has 1 fully saturated rings. The molecule has 108 valence electrons. The van der Waals surface area contributed by atoms with Gasteiger partial charge in [-0.25, -0.2) is 4.98 Å². The molecule has 0 saturated carbocycles. The number of ether oxygens (including phenoxy) is 2. The predicted octanol–water partition coefficient (Wildman–Crippen LogP) is 1.61. The number of aromatic nitrogens is 4. The summed E-state index contributed by atoms with van der Waals surface area (Å²) in [6, 6.07) is 0. The monoisotopic (exact) mass is 297 g/mol. The smallest absolute Gasteiger partial charge is 0.223 e. The fourth-order valence-electron chi connectivity index (χ4n) is 2.21. The average molecular weight is 298 g/mol. The van der Waals surface area contributed by atoms with Gasteiger partial charge in [0.25, 0.3) is 0 Å². The summed E-state index contributed by atoms with van der Waals surface area (Å²) >= 11 is 5.97. The van der Waals surface area contributed by atoms with Crippen LogP contribution in [-0.2, 0) is 16.0 Å². The largest absolute Gasteiger partial charge is 0.368 e. The lowest BCUT2D eigenvalue weighted by Crippen LogP contribution is -2.23. The molecular weight excluding hydrogens is 282 g/mol. The van der Waals surface area contributed by atoms with Crippen molar-refractivity contribution in [3.8, 4) is 0 Å². The number of hydrogen-bond acceptors (Lipinski definition) is 6. The standard InChI is InChI=1S/C12H16ClN5O2/c13-10-9-11(17-12(14)16-10)18(7-15-9)4-6-20-8-3-1-2-5-19-8/h7-8H,1-6H2,(H2,14,16,17). The molecule has 8 heteroatoms. The van der Waals surface area contributed by atoms with Crippen LogP contribution in [0.5, 0.6) is 0 Å². The van der Waals surface area contributed by atoms with Crippen LogP contribution in [0.3, 0.4) is 0 Å². The molecule has 3 heterocycles. The first-order valence-corrected chi connectivity index (χ1v) is 6.99. The molecule has 0 radical (unpaired) electrons. The summed E-state index contributed by atoms with van der Waals surface area (Å²) < 4.78 is 13.0. The van der Waals surface area contributed by atoms with Crippen molar-refractivity contribution >= 4 is 28.7 Å². The molecule has 1 aliphatic heterocycles. The number of halogens is 1. The van der Waals surface area contributed by atoms with Crippen molar-refractivity contribution in [1.82, 2.24) is 19.5 Å². The molecule has 1 aliphatic rings. The minimum Gasteiger partial charge on any atom is -0.368 e. The van der Waals surface area contributed by atoms with Gasteiger partial charge in [-0.3, -0.25) is 0 Å². The van der Waals surface area contributed by atoms with Crippen molar-refractivity contribution in [2.24, 2.45) is 0 Å². The summed E-state index contributed by atoms with van der Waals surface area (Å²) in [5.74, 6) is 0.140.